The first-order valence-corrected chi connectivity index (χ1v) is 6.77. The third-order valence-corrected chi connectivity index (χ3v) is 3.46. The highest BCUT2D eigenvalue weighted by Crippen LogP contribution is 2.18. The molecule has 1 aliphatic heterocycles. The van der Waals surface area contributed by atoms with Gasteiger partial charge in [-0.15, -0.1) is 0 Å². The summed E-state index contributed by atoms with van der Waals surface area (Å²) in [5.41, 5.74) is 1.42. The molecular weight excluding hydrogens is 210 g/mol. The van der Waals surface area contributed by atoms with E-state index in [0.717, 1.165) is 32.4 Å². The molecule has 1 saturated heterocycles. The lowest BCUT2D eigenvalue weighted by molar-refractivity contribution is -0.00227. The molecule has 0 bridgehead atoms. The Balaban J connectivity index is 1.75. The summed E-state index contributed by atoms with van der Waals surface area (Å²) in [5.74, 6) is 0. The minimum absolute atomic E-state index is 0.438. The molecule has 2 rings (SSSR count). The topological polar surface area (TPSA) is 21.3 Å². The van der Waals surface area contributed by atoms with Crippen LogP contribution in [0.4, 0.5) is 0 Å². The van der Waals surface area contributed by atoms with Crippen LogP contribution in [0.25, 0.3) is 0 Å². The third-order valence-electron chi connectivity index (χ3n) is 3.46. The van der Waals surface area contributed by atoms with E-state index in [9.17, 15) is 0 Å². The average Bonchev–Trinajstić information content (AvgIpc) is 2.39. The number of ether oxygens (including phenoxy) is 1. The van der Waals surface area contributed by atoms with Gasteiger partial charge in [-0.2, -0.15) is 0 Å². The summed E-state index contributed by atoms with van der Waals surface area (Å²) < 4.78 is 5.84. The summed E-state index contributed by atoms with van der Waals surface area (Å²) in [7, 11) is 0. The number of hydrogen-bond acceptors (Lipinski definition) is 2. The standard InChI is InChI=1S/C15H23NO/c1-2-16-14-10-11-17-15(12-14)9-8-13-6-4-3-5-7-13/h3-7,14-16H,2,8-12H2,1H3. The summed E-state index contributed by atoms with van der Waals surface area (Å²) in [4.78, 5) is 0. The van der Waals surface area contributed by atoms with Gasteiger partial charge >= 0.3 is 0 Å². The lowest BCUT2D eigenvalue weighted by Gasteiger charge is -2.30. The van der Waals surface area contributed by atoms with E-state index in [-0.39, 0.29) is 0 Å². The van der Waals surface area contributed by atoms with Crippen molar-refractivity contribution >= 4 is 0 Å². The van der Waals surface area contributed by atoms with Gasteiger partial charge in [0.25, 0.3) is 0 Å². The molecule has 1 fully saturated rings. The van der Waals surface area contributed by atoms with Gasteiger partial charge in [0.15, 0.2) is 0 Å². The van der Waals surface area contributed by atoms with Crippen molar-refractivity contribution in [1.29, 1.82) is 0 Å². The highest BCUT2D eigenvalue weighted by Gasteiger charge is 2.21. The van der Waals surface area contributed by atoms with Crippen LogP contribution in [0.15, 0.2) is 30.3 Å². The first-order valence-electron chi connectivity index (χ1n) is 6.77. The molecule has 0 saturated carbocycles. The van der Waals surface area contributed by atoms with Gasteiger partial charge in [-0.25, -0.2) is 0 Å². The minimum Gasteiger partial charge on any atom is -0.378 e. The lowest BCUT2D eigenvalue weighted by Crippen LogP contribution is -2.39. The maximum atomic E-state index is 5.84. The van der Waals surface area contributed by atoms with Crippen LogP contribution < -0.4 is 5.32 Å². The molecule has 17 heavy (non-hydrogen) atoms. The fourth-order valence-electron chi connectivity index (χ4n) is 2.53. The van der Waals surface area contributed by atoms with Crippen LogP contribution >= 0.6 is 0 Å². The second-order valence-corrected chi connectivity index (χ2v) is 4.80. The Morgan fingerprint density at radius 2 is 2.12 bits per heavy atom. The number of nitrogens with one attached hydrogen (secondary N) is 1. The summed E-state index contributed by atoms with van der Waals surface area (Å²) in [6, 6.07) is 11.4. The molecule has 0 spiro atoms. The quantitative estimate of drug-likeness (QED) is 0.844. The van der Waals surface area contributed by atoms with Gasteiger partial charge in [0.05, 0.1) is 6.10 Å². The Kier molecular flexibility index (Phi) is 5.02. The molecule has 1 aromatic carbocycles. The van der Waals surface area contributed by atoms with Gasteiger partial charge in [0.2, 0.25) is 0 Å². The Morgan fingerprint density at radius 3 is 2.88 bits per heavy atom. The van der Waals surface area contributed by atoms with E-state index in [1.165, 1.54) is 12.0 Å². The predicted molar refractivity (Wildman–Crippen MR) is 71.2 cm³/mol. The molecule has 1 aliphatic rings. The monoisotopic (exact) mass is 233 g/mol. The predicted octanol–water partition coefficient (Wildman–Crippen LogP) is 2.78. The normalized spacial score (nSPS) is 24.8. The van der Waals surface area contributed by atoms with Crippen LogP contribution in [0.1, 0.15) is 31.7 Å². The summed E-state index contributed by atoms with van der Waals surface area (Å²) in [5, 5.41) is 3.53. The summed E-state index contributed by atoms with van der Waals surface area (Å²) in [6.07, 6.45) is 5.04. The van der Waals surface area contributed by atoms with Crippen LogP contribution in [0.2, 0.25) is 0 Å². The first kappa shape index (κ1) is 12.6. The Morgan fingerprint density at radius 1 is 1.29 bits per heavy atom. The van der Waals surface area contributed by atoms with E-state index in [1.54, 1.807) is 0 Å². The van der Waals surface area contributed by atoms with Gasteiger partial charge in [0.1, 0.15) is 0 Å². The molecule has 2 unspecified atom stereocenters. The molecule has 0 amide bonds. The van der Waals surface area contributed by atoms with Crippen LogP contribution in [0, 0.1) is 0 Å². The zero-order valence-electron chi connectivity index (χ0n) is 10.7. The third kappa shape index (κ3) is 4.14. The number of benzene rings is 1. The molecule has 94 valence electrons. The molecular formula is C15H23NO. The second kappa shape index (κ2) is 6.77. The molecule has 0 aromatic heterocycles. The molecule has 1 N–H and O–H groups in total. The van der Waals surface area contributed by atoms with E-state index < -0.39 is 0 Å². The molecule has 2 atom stereocenters. The van der Waals surface area contributed by atoms with Crippen molar-refractivity contribution in [1.82, 2.24) is 5.32 Å². The Hall–Kier alpha value is -0.860. The van der Waals surface area contributed by atoms with Crippen molar-refractivity contribution in [3.8, 4) is 0 Å². The fourth-order valence-corrected chi connectivity index (χ4v) is 2.53. The molecule has 2 heteroatoms. The molecule has 1 heterocycles. The molecule has 0 aliphatic carbocycles. The van der Waals surface area contributed by atoms with E-state index in [0.29, 0.717) is 12.1 Å². The van der Waals surface area contributed by atoms with Crippen molar-refractivity contribution in [2.75, 3.05) is 13.2 Å². The summed E-state index contributed by atoms with van der Waals surface area (Å²) in [6.45, 7) is 4.15. The highest BCUT2D eigenvalue weighted by atomic mass is 16.5. The van der Waals surface area contributed by atoms with Gasteiger partial charge < -0.3 is 10.1 Å². The molecule has 2 nitrogen and oxygen atoms in total. The Bertz CT molecular complexity index is 310. The van der Waals surface area contributed by atoms with Crippen molar-refractivity contribution in [3.63, 3.8) is 0 Å². The fraction of sp³-hybridized carbons (Fsp3) is 0.600. The van der Waals surface area contributed by atoms with Crippen molar-refractivity contribution in [2.24, 2.45) is 0 Å². The van der Waals surface area contributed by atoms with E-state index in [2.05, 4.69) is 42.6 Å². The molecule has 1 aromatic rings. The lowest BCUT2D eigenvalue weighted by atomic mass is 9.98. The second-order valence-electron chi connectivity index (χ2n) is 4.80. The van der Waals surface area contributed by atoms with Crippen LogP contribution in [0.3, 0.4) is 0 Å². The summed E-state index contributed by atoms with van der Waals surface area (Å²) >= 11 is 0. The SMILES string of the molecule is CCNC1CCOC(CCc2ccccc2)C1. The van der Waals surface area contributed by atoms with Crippen molar-refractivity contribution < 1.29 is 4.74 Å². The minimum atomic E-state index is 0.438. The van der Waals surface area contributed by atoms with Crippen molar-refractivity contribution in [2.45, 2.75) is 44.8 Å². The zero-order chi connectivity index (χ0) is 11.9. The Labute approximate surface area is 104 Å². The maximum absolute atomic E-state index is 5.84. The van der Waals surface area contributed by atoms with E-state index >= 15 is 0 Å². The van der Waals surface area contributed by atoms with Gasteiger partial charge in [-0.05, 0) is 37.8 Å². The number of aryl methyl sites for hydroxylation is 1. The van der Waals surface area contributed by atoms with Crippen LogP contribution in [0.5, 0.6) is 0 Å². The van der Waals surface area contributed by atoms with E-state index in [1.807, 2.05) is 0 Å². The van der Waals surface area contributed by atoms with Crippen LogP contribution in [-0.4, -0.2) is 25.3 Å². The highest BCUT2D eigenvalue weighted by molar-refractivity contribution is 5.14. The maximum Gasteiger partial charge on any atom is 0.0593 e. The zero-order valence-corrected chi connectivity index (χ0v) is 10.7. The largest absolute Gasteiger partial charge is 0.378 e. The van der Waals surface area contributed by atoms with E-state index in [4.69, 9.17) is 4.74 Å². The van der Waals surface area contributed by atoms with Crippen molar-refractivity contribution in [3.05, 3.63) is 35.9 Å². The van der Waals surface area contributed by atoms with Gasteiger partial charge in [0, 0.05) is 12.6 Å². The molecule has 0 radical (unpaired) electrons. The number of rotatable bonds is 5. The smallest absolute Gasteiger partial charge is 0.0593 e. The number of hydrogen-bond donors (Lipinski definition) is 1. The van der Waals surface area contributed by atoms with Gasteiger partial charge in [-0.1, -0.05) is 37.3 Å². The van der Waals surface area contributed by atoms with Crippen LogP contribution in [-0.2, 0) is 11.2 Å². The average molecular weight is 233 g/mol. The van der Waals surface area contributed by atoms with Gasteiger partial charge in [-0.3, -0.25) is 0 Å². The first-order chi connectivity index (χ1) is 8.38.